The molecule has 0 unspecified atom stereocenters. The third-order valence-electron chi connectivity index (χ3n) is 9.95. The van der Waals surface area contributed by atoms with E-state index < -0.39 is 103 Å². The molecule has 3 heterocycles. The fraction of sp³-hybridized carbons (Fsp3) is 0.645. The molecule has 1 aromatic heterocycles. The van der Waals surface area contributed by atoms with Crippen molar-refractivity contribution in [1.82, 2.24) is 25.2 Å². The van der Waals surface area contributed by atoms with Gasteiger partial charge in [0.05, 0.1) is 16.3 Å². The first-order valence-electron chi connectivity index (χ1n) is 16.0. The third kappa shape index (κ3) is 7.61. The van der Waals surface area contributed by atoms with E-state index in [9.17, 15) is 45.9 Å². The lowest BCUT2D eigenvalue weighted by molar-refractivity contribution is -0.142. The molecular formula is C31H39ClF3N5O8S. The molecule has 0 aromatic carbocycles. The number of allylic oxidation sites excluding steroid dienone is 1. The van der Waals surface area contributed by atoms with Crippen molar-refractivity contribution in [3.63, 3.8) is 0 Å². The number of fused-ring (bicyclic) bond motifs is 2. The van der Waals surface area contributed by atoms with Crippen LogP contribution in [-0.4, -0.2) is 82.2 Å². The zero-order chi connectivity index (χ0) is 36.1. The molecule has 2 aliphatic heterocycles. The van der Waals surface area contributed by atoms with Gasteiger partial charge in [0.1, 0.15) is 29.3 Å². The summed E-state index contributed by atoms with van der Waals surface area (Å²) in [4.78, 5) is 58.4. The highest BCUT2D eigenvalue weighted by Gasteiger charge is 2.63. The van der Waals surface area contributed by atoms with Crippen LogP contribution in [0.1, 0.15) is 71.3 Å². The smallest absolute Gasteiger partial charge is 0.423 e. The van der Waals surface area contributed by atoms with Crippen LogP contribution in [0.5, 0.6) is 5.88 Å². The molecule has 3 fully saturated rings. The largest absolute Gasteiger partial charge is 0.472 e. The number of hydrogen-bond donors (Lipinski definition) is 4. The predicted octanol–water partition coefficient (Wildman–Crippen LogP) is 3.62. The van der Waals surface area contributed by atoms with E-state index in [2.05, 4.69) is 20.3 Å². The van der Waals surface area contributed by atoms with Crippen molar-refractivity contribution in [3.05, 3.63) is 35.0 Å². The van der Waals surface area contributed by atoms with Gasteiger partial charge in [-0.1, -0.05) is 37.6 Å². The average molecular weight is 734 g/mol. The maximum absolute atomic E-state index is 14.1. The van der Waals surface area contributed by atoms with Crippen LogP contribution in [0, 0.1) is 17.8 Å². The molecule has 1 saturated heterocycles. The number of carbonyl (C=O) groups is 4. The summed E-state index contributed by atoms with van der Waals surface area (Å²) >= 11 is 5.84. The first kappa shape index (κ1) is 36.7. The van der Waals surface area contributed by atoms with Gasteiger partial charge in [0.15, 0.2) is 0 Å². The van der Waals surface area contributed by atoms with Gasteiger partial charge in [-0.2, -0.15) is 13.2 Å². The first-order chi connectivity index (χ1) is 22.8. The predicted molar refractivity (Wildman–Crippen MR) is 169 cm³/mol. The Morgan fingerprint density at radius 1 is 1.20 bits per heavy atom. The van der Waals surface area contributed by atoms with E-state index in [4.69, 9.17) is 16.3 Å². The Kier molecular flexibility index (Phi) is 9.93. The molecule has 0 spiro atoms. The van der Waals surface area contributed by atoms with Crippen molar-refractivity contribution >= 4 is 45.4 Å². The van der Waals surface area contributed by atoms with Crippen LogP contribution in [-0.2, 0) is 30.6 Å². The molecule has 5 rings (SSSR count). The molecule has 7 atom stereocenters. The Labute approximate surface area is 286 Å². The van der Waals surface area contributed by atoms with Crippen molar-refractivity contribution in [2.24, 2.45) is 17.8 Å². The number of halogens is 4. The van der Waals surface area contributed by atoms with E-state index in [1.54, 1.807) is 13.0 Å². The highest BCUT2D eigenvalue weighted by molar-refractivity contribution is 7.91. The summed E-state index contributed by atoms with van der Waals surface area (Å²) in [6.45, 7) is 4.69. The van der Waals surface area contributed by atoms with Gasteiger partial charge in [-0.25, -0.2) is 18.2 Å². The van der Waals surface area contributed by atoms with Crippen LogP contribution in [0.25, 0.3) is 0 Å². The van der Waals surface area contributed by atoms with Gasteiger partial charge >= 0.3 is 12.3 Å². The minimum Gasteiger partial charge on any atom is -0.472 e. The van der Waals surface area contributed by atoms with Gasteiger partial charge in [0.2, 0.25) is 27.7 Å². The number of carboxylic acid groups (broad SMARTS) is 1. The number of pyridine rings is 1. The van der Waals surface area contributed by atoms with Gasteiger partial charge in [-0.3, -0.25) is 19.1 Å². The number of carbonyl (C=O) groups excluding carboxylic acids is 3. The maximum atomic E-state index is 14.1. The molecule has 49 heavy (non-hydrogen) atoms. The Hall–Kier alpha value is -3.60. The number of alkyl halides is 3. The molecule has 13 nitrogen and oxygen atoms in total. The number of ether oxygens (including phenoxy) is 1. The molecule has 2 saturated carbocycles. The molecule has 4 N–H and O–H groups in total. The van der Waals surface area contributed by atoms with Crippen molar-refractivity contribution in [2.45, 2.75) is 100 Å². The Morgan fingerprint density at radius 2 is 1.90 bits per heavy atom. The fourth-order valence-corrected chi connectivity index (χ4v) is 8.21. The highest BCUT2D eigenvalue weighted by atomic mass is 35.5. The summed E-state index contributed by atoms with van der Waals surface area (Å²) in [5.41, 5.74) is -3.03. The molecule has 0 bridgehead atoms. The molecule has 0 radical (unpaired) electrons. The van der Waals surface area contributed by atoms with Crippen LogP contribution in [0.2, 0.25) is 5.02 Å². The number of nitrogens with one attached hydrogen (secondary N) is 3. The van der Waals surface area contributed by atoms with Crippen LogP contribution < -0.4 is 20.1 Å². The van der Waals surface area contributed by atoms with Crippen molar-refractivity contribution < 1.29 is 50.6 Å². The second-order valence-electron chi connectivity index (χ2n) is 13.9. The minimum absolute atomic E-state index is 0.0206. The van der Waals surface area contributed by atoms with Crippen molar-refractivity contribution in [2.75, 3.05) is 6.54 Å². The summed E-state index contributed by atoms with van der Waals surface area (Å²) in [6.07, 6.45) is -1.04. The summed E-state index contributed by atoms with van der Waals surface area (Å²) in [7, 11) is -4.08. The normalized spacial score (nSPS) is 32.3. The van der Waals surface area contributed by atoms with Gasteiger partial charge in [0.25, 0.3) is 5.91 Å². The summed E-state index contributed by atoms with van der Waals surface area (Å²) < 4.78 is 74.3. The Bertz CT molecular complexity index is 1660. The Balaban J connectivity index is 1.50. The SMILES string of the molecule is C[C@@H]1CC/C=C\[C@@H]2C[C@@]2(C(=O)NS(=O)(=O)C2(C)CC2)NC(=O)[C@@H]2C[C@@H](Oc3nccc(Cl)c3C(F)(F)F)CN2C(=O)[C@@H](NC(=O)O)[C@H](C)C1. The topological polar surface area (TPSA) is 184 Å². The quantitative estimate of drug-likeness (QED) is 0.317. The van der Waals surface area contributed by atoms with Crippen molar-refractivity contribution in [1.29, 1.82) is 0 Å². The number of sulfonamides is 1. The molecule has 4 aliphatic rings. The molecular weight excluding hydrogens is 695 g/mol. The fourth-order valence-electron chi connectivity index (χ4n) is 6.65. The monoisotopic (exact) mass is 733 g/mol. The number of amides is 4. The average Bonchev–Trinajstić information content (AvgIpc) is 3.87. The van der Waals surface area contributed by atoms with E-state index in [0.29, 0.717) is 32.1 Å². The second-order valence-corrected chi connectivity index (χ2v) is 16.5. The van der Waals surface area contributed by atoms with Gasteiger partial charge in [0, 0.05) is 18.5 Å². The first-order valence-corrected chi connectivity index (χ1v) is 17.9. The maximum Gasteiger partial charge on any atom is 0.423 e. The van der Waals surface area contributed by atoms with Crippen LogP contribution in [0.3, 0.4) is 0 Å². The van der Waals surface area contributed by atoms with Crippen LogP contribution in [0.15, 0.2) is 24.4 Å². The van der Waals surface area contributed by atoms with E-state index in [0.717, 1.165) is 17.2 Å². The van der Waals surface area contributed by atoms with E-state index >= 15 is 0 Å². The third-order valence-corrected chi connectivity index (χ3v) is 12.4. The summed E-state index contributed by atoms with van der Waals surface area (Å²) in [6, 6.07) is -1.84. The Morgan fingerprint density at radius 3 is 2.53 bits per heavy atom. The number of rotatable bonds is 6. The summed E-state index contributed by atoms with van der Waals surface area (Å²) in [5, 5.41) is 13.8. The molecule has 2 aliphatic carbocycles. The molecule has 18 heteroatoms. The molecule has 1 aromatic rings. The van der Waals surface area contributed by atoms with Crippen LogP contribution in [0.4, 0.5) is 18.0 Å². The molecule has 270 valence electrons. The lowest BCUT2D eigenvalue weighted by Crippen LogP contribution is -2.59. The zero-order valence-electron chi connectivity index (χ0n) is 27.0. The number of aromatic nitrogens is 1. The van der Waals surface area contributed by atoms with E-state index in [1.807, 2.05) is 13.0 Å². The number of hydrogen-bond acceptors (Lipinski definition) is 8. The molecule has 4 amide bonds. The van der Waals surface area contributed by atoms with Crippen molar-refractivity contribution in [3.8, 4) is 5.88 Å². The number of nitrogens with zero attached hydrogens (tertiary/aromatic N) is 2. The minimum atomic E-state index is -4.95. The highest BCUT2D eigenvalue weighted by Crippen LogP contribution is 2.48. The van der Waals surface area contributed by atoms with Gasteiger partial charge < -0.3 is 25.4 Å². The van der Waals surface area contributed by atoms with Crippen LogP contribution >= 0.6 is 11.6 Å². The lowest BCUT2D eigenvalue weighted by atomic mass is 9.88. The van der Waals surface area contributed by atoms with Gasteiger partial charge in [-0.05, 0) is 63.4 Å². The standard InChI is InChI=1S/C31H39ClF3N5O8S/c1-16-6-4-5-7-18-14-30(18,27(43)39-49(46,47)29(3)9-10-29)38-24(41)21-13-19(48-25-22(31(33,34)35)20(32)8-11-36-25)15-40(21)26(42)23(17(2)12-16)37-28(44)45/h5,7-8,11,16-19,21,23,37H,4,6,9-10,12-15H2,1-3H3,(H,38,41)(H,39,43)(H,44,45)/b7-5-/t16-,17-,18-,19-,21+,23+,30-/m1/s1. The van der Waals surface area contributed by atoms with E-state index in [-0.39, 0.29) is 18.8 Å². The van der Waals surface area contributed by atoms with E-state index in [1.165, 1.54) is 6.92 Å². The van der Waals surface area contributed by atoms with Gasteiger partial charge in [-0.15, -0.1) is 0 Å². The zero-order valence-corrected chi connectivity index (χ0v) is 28.6. The lowest BCUT2D eigenvalue weighted by Gasteiger charge is -2.32. The second kappa shape index (κ2) is 13.3. The summed E-state index contributed by atoms with van der Waals surface area (Å²) in [5.74, 6) is -4.63.